The molecule has 6 nitrogen and oxygen atoms in total. The van der Waals surface area contributed by atoms with Gasteiger partial charge in [-0.1, -0.05) is 25.3 Å². The Morgan fingerprint density at radius 1 is 1.07 bits per heavy atom. The van der Waals surface area contributed by atoms with Crippen LogP contribution in [0.15, 0.2) is 36.5 Å². The van der Waals surface area contributed by atoms with Crippen LogP contribution < -0.4 is 20.1 Å². The van der Waals surface area contributed by atoms with Gasteiger partial charge in [-0.2, -0.15) is 0 Å². The molecule has 28 heavy (non-hydrogen) atoms. The van der Waals surface area contributed by atoms with Crippen molar-refractivity contribution in [2.24, 2.45) is 0 Å². The van der Waals surface area contributed by atoms with Crippen molar-refractivity contribution in [3.05, 3.63) is 47.8 Å². The predicted molar refractivity (Wildman–Crippen MR) is 110 cm³/mol. The highest BCUT2D eigenvalue weighted by Crippen LogP contribution is 2.27. The summed E-state index contributed by atoms with van der Waals surface area (Å²) in [6.45, 7) is 0.526. The van der Waals surface area contributed by atoms with Crippen LogP contribution in [0.5, 0.6) is 11.5 Å². The van der Waals surface area contributed by atoms with Gasteiger partial charge in [-0.15, -0.1) is 0 Å². The van der Waals surface area contributed by atoms with Gasteiger partial charge in [-0.3, -0.25) is 4.79 Å². The Kier molecular flexibility index (Phi) is 7.12. The van der Waals surface area contributed by atoms with Gasteiger partial charge in [0.1, 0.15) is 5.69 Å². The number of anilines is 1. The molecule has 150 valence electrons. The topological polar surface area (TPSA) is 72.5 Å². The monoisotopic (exact) mass is 383 g/mol. The standard InChI is InChI=1S/C22H29N3O3/c1-27-20-11-8-16(14-21(20)28-2)12-13-23-22(26)19-10-9-18(15-24-19)25-17-6-4-3-5-7-17/h8-11,14-15,17,25H,3-7,12-13H2,1-2H3,(H,23,26). The Hall–Kier alpha value is -2.76. The van der Waals surface area contributed by atoms with Crippen LogP contribution in [0.2, 0.25) is 0 Å². The fraction of sp³-hybridized carbons (Fsp3) is 0.455. The average Bonchev–Trinajstić information content (AvgIpc) is 2.74. The van der Waals surface area contributed by atoms with Crippen molar-refractivity contribution in [2.75, 3.05) is 26.1 Å². The second kappa shape index (κ2) is 9.97. The molecule has 0 bridgehead atoms. The van der Waals surface area contributed by atoms with Gasteiger partial charge in [0.05, 0.1) is 26.1 Å². The lowest BCUT2D eigenvalue weighted by Gasteiger charge is -2.23. The van der Waals surface area contributed by atoms with Gasteiger partial charge in [0, 0.05) is 12.6 Å². The number of benzene rings is 1. The van der Waals surface area contributed by atoms with Crippen molar-refractivity contribution >= 4 is 11.6 Å². The molecule has 1 aromatic heterocycles. The van der Waals surface area contributed by atoms with E-state index in [0.717, 1.165) is 11.3 Å². The maximum absolute atomic E-state index is 12.3. The highest BCUT2D eigenvalue weighted by atomic mass is 16.5. The average molecular weight is 383 g/mol. The molecule has 3 rings (SSSR count). The van der Waals surface area contributed by atoms with Gasteiger partial charge in [0.15, 0.2) is 11.5 Å². The third kappa shape index (κ3) is 5.38. The summed E-state index contributed by atoms with van der Waals surface area (Å²) in [6.07, 6.45) is 8.76. The molecule has 0 saturated heterocycles. The Labute approximate surface area is 166 Å². The van der Waals surface area contributed by atoms with Crippen LogP contribution >= 0.6 is 0 Å². The number of aromatic nitrogens is 1. The first-order valence-electron chi connectivity index (χ1n) is 9.91. The second-order valence-corrected chi connectivity index (χ2v) is 7.11. The molecule has 1 aromatic carbocycles. The van der Waals surface area contributed by atoms with E-state index in [9.17, 15) is 4.79 Å². The molecule has 0 atom stereocenters. The third-order valence-electron chi connectivity index (χ3n) is 5.12. The van der Waals surface area contributed by atoms with Crippen LogP contribution in [0.3, 0.4) is 0 Å². The van der Waals surface area contributed by atoms with E-state index in [-0.39, 0.29) is 5.91 Å². The zero-order valence-electron chi connectivity index (χ0n) is 16.7. The number of rotatable bonds is 8. The van der Waals surface area contributed by atoms with E-state index in [1.165, 1.54) is 32.1 Å². The van der Waals surface area contributed by atoms with Crippen LogP contribution in [0.25, 0.3) is 0 Å². The maximum Gasteiger partial charge on any atom is 0.269 e. The van der Waals surface area contributed by atoms with Gasteiger partial charge < -0.3 is 20.1 Å². The normalized spacial score (nSPS) is 14.4. The first kappa shape index (κ1) is 20.0. The number of pyridine rings is 1. The van der Waals surface area contributed by atoms with Crippen molar-refractivity contribution < 1.29 is 14.3 Å². The molecule has 0 radical (unpaired) electrons. The first-order chi connectivity index (χ1) is 13.7. The van der Waals surface area contributed by atoms with Gasteiger partial charge in [-0.05, 0) is 49.1 Å². The molecule has 2 N–H and O–H groups in total. The van der Waals surface area contributed by atoms with E-state index in [1.54, 1.807) is 26.5 Å². The quantitative estimate of drug-likeness (QED) is 0.725. The van der Waals surface area contributed by atoms with E-state index in [0.29, 0.717) is 36.2 Å². The van der Waals surface area contributed by atoms with Crippen LogP contribution in [0.4, 0.5) is 5.69 Å². The second-order valence-electron chi connectivity index (χ2n) is 7.11. The molecule has 1 saturated carbocycles. The van der Waals surface area contributed by atoms with Gasteiger partial charge in [0.2, 0.25) is 0 Å². The summed E-state index contributed by atoms with van der Waals surface area (Å²) >= 11 is 0. The number of ether oxygens (including phenoxy) is 2. The molecule has 1 aliphatic rings. The molecule has 1 aliphatic carbocycles. The van der Waals surface area contributed by atoms with Crippen LogP contribution in [-0.4, -0.2) is 37.7 Å². The molecule has 1 amide bonds. The van der Waals surface area contributed by atoms with Gasteiger partial charge in [0.25, 0.3) is 5.91 Å². The van der Waals surface area contributed by atoms with E-state index in [4.69, 9.17) is 9.47 Å². The zero-order valence-corrected chi connectivity index (χ0v) is 16.7. The van der Waals surface area contributed by atoms with E-state index in [1.807, 2.05) is 24.3 Å². The molecule has 0 spiro atoms. The SMILES string of the molecule is COc1ccc(CCNC(=O)c2ccc(NC3CCCCC3)cn2)cc1OC. The first-order valence-corrected chi connectivity index (χ1v) is 9.91. The Morgan fingerprint density at radius 2 is 1.86 bits per heavy atom. The number of nitrogens with one attached hydrogen (secondary N) is 2. The smallest absolute Gasteiger partial charge is 0.269 e. The van der Waals surface area contributed by atoms with E-state index >= 15 is 0 Å². The highest BCUT2D eigenvalue weighted by molar-refractivity contribution is 5.92. The largest absolute Gasteiger partial charge is 0.493 e. The maximum atomic E-state index is 12.3. The Morgan fingerprint density at radius 3 is 2.54 bits per heavy atom. The molecule has 0 aliphatic heterocycles. The summed E-state index contributed by atoms with van der Waals surface area (Å²) in [5, 5.41) is 6.44. The summed E-state index contributed by atoms with van der Waals surface area (Å²) in [4.78, 5) is 16.6. The molecule has 2 aromatic rings. The van der Waals surface area contributed by atoms with Crippen LogP contribution in [0.1, 0.15) is 48.2 Å². The Balaban J connectivity index is 1.48. The fourth-order valence-corrected chi connectivity index (χ4v) is 3.54. The molecular weight excluding hydrogens is 354 g/mol. The number of carbonyl (C=O) groups excluding carboxylic acids is 1. The number of methoxy groups -OCH3 is 2. The number of hydrogen-bond acceptors (Lipinski definition) is 5. The summed E-state index contributed by atoms with van der Waals surface area (Å²) in [6, 6.07) is 10.0. The molecule has 1 fully saturated rings. The minimum absolute atomic E-state index is 0.162. The molecular formula is C22H29N3O3. The number of carbonyl (C=O) groups is 1. The van der Waals surface area contributed by atoms with Crippen molar-refractivity contribution in [1.82, 2.24) is 10.3 Å². The summed E-state index contributed by atoms with van der Waals surface area (Å²) in [5.74, 6) is 1.22. The number of amides is 1. The minimum atomic E-state index is -0.162. The lowest BCUT2D eigenvalue weighted by atomic mass is 9.95. The van der Waals surface area contributed by atoms with Crippen LogP contribution in [-0.2, 0) is 6.42 Å². The summed E-state index contributed by atoms with van der Waals surface area (Å²) in [7, 11) is 3.22. The van der Waals surface area contributed by atoms with Gasteiger partial charge in [-0.25, -0.2) is 4.98 Å². The van der Waals surface area contributed by atoms with Crippen molar-refractivity contribution in [3.63, 3.8) is 0 Å². The minimum Gasteiger partial charge on any atom is -0.493 e. The van der Waals surface area contributed by atoms with E-state index < -0.39 is 0 Å². The highest BCUT2D eigenvalue weighted by Gasteiger charge is 2.13. The van der Waals surface area contributed by atoms with Crippen molar-refractivity contribution in [2.45, 2.75) is 44.6 Å². The van der Waals surface area contributed by atoms with Crippen molar-refractivity contribution in [3.8, 4) is 11.5 Å². The van der Waals surface area contributed by atoms with Crippen LogP contribution in [0, 0.1) is 0 Å². The fourth-order valence-electron chi connectivity index (χ4n) is 3.54. The lowest BCUT2D eigenvalue weighted by Crippen LogP contribution is -2.26. The zero-order chi connectivity index (χ0) is 19.8. The summed E-state index contributed by atoms with van der Waals surface area (Å²) in [5.41, 5.74) is 2.48. The van der Waals surface area contributed by atoms with Gasteiger partial charge >= 0.3 is 0 Å². The number of hydrogen-bond donors (Lipinski definition) is 2. The molecule has 0 unspecified atom stereocenters. The predicted octanol–water partition coefficient (Wildman–Crippen LogP) is 3.82. The number of nitrogens with zero attached hydrogens (tertiary/aromatic N) is 1. The van der Waals surface area contributed by atoms with E-state index in [2.05, 4.69) is 15.6 Å². The van der Waals surface area contributed by atoms with Crippen molar-refractivity contribution in [1.29, 1.82) is 0 Å². The molecule has 1 heterocycles. The molecule has 6 heteroatoms. The lowest BCUT2D eigenvalue weighted by molar-refractivity contribution is 0.0949. The Bertz CT molecular complexity index is 771. The summed E-state index contributed by atoms with van der Waals surface area (Å²) < 4.78 is 10.6. The third-order valence-corrected chi connectivity index (χ3v) is 5.12.